The van der Waals surface area contributed by atoms with Crippen LogP contribution in [0, 0.1) is 0 Å². The van der Waals surface area contributed by atoms with E-state index in [1.807, 2.05) is 18.2 Å². The number of aliphatic hydroxyl groups excluding tert-OH is 2. The van der Waals surface area contributed by atoms with Gasteiger partial charge in [-0.25, -0.2) is 0 Å². The first-order valence-electron chi connectivity index (χ1n) is 4.46. The van der Waals surface area contributed by atoms with Gasteiger partial charge in [-0.15, -0.1) is 0 Å². The van der Waals surface area contributed by atoms with E-state index in [4.69, 9.17) is 0 Å². The lowest BCUT2D eigenvalue weighted by Gasteiger charge is -2.14. The Morgan fingerprint density at radius 1 is 1.14 bits per heavy atom. The van der Waals surface area contributed by atoms with E-state index in [0.717, 1.165) is 0 Å². The van der Waals surface area contributed by atoms with E-state index in [9.17, 15) is 10.2 Å². The van der Waals surface area contributed by atoms with E-state index in [2.05, 4.69) is 6.58 Å². The maximum Gasteiger partial charge on any atom is 0.108 e. The monoisotopic (exact) mass is 190 g/mol. The Labute approximate surface area is 83.8 Å². The topological polar surface area (TPSA) is 40.5 Å². The quantitative estimate of drug-likeness (QED) is 0.711. The lowest BCUT2D eigenvalue weighted by Crippen LogP contribution is -2.15. The molecule has 0 aliphatic heterocycles. The Kier molecular flexibility index (Phi) is 4.11. The second-order valence-electron chi connectivity index (χ2n) is 2.97. The van der Waals surface area contributed by atoms with Crippen molar-refractivity contribution in [3.8, 4) is 0 Å². The van der Waals surface area contributed by atoms with E-state index in [1.165, 1.54) is 6.08 Å². The summed E-state index contributed by atoms with van der Waals surface area (Å²) in [6.07, 6.45) is 2.89. The highest BCUT2D eigenvalue weighted by Crippen LogP contribution is 2.16. The molecular formula is C12H14O2. The highest BCUT2D eigenvalue weighted by atomic mass is 16.3. The number of aliphatic hydroxyl groups is 2. The van der Waals surface area contributed by atoms with Gasteiger partial charge in [0.1, 0.15) is 12.2 Å². The van der Waals surface area contributed by atoms with Gasteiger partial charge in [0, 0.05) is 0 Å². The Hall–Kier alpha value is -1.38. The summed E-state index contributed by atoms with van der Waals surface area (Å²) in [4.78, 5) is 0. The normalized spacial score (nSPS) is 15.3. The van der Waals surface area contributed by atoms with Crippen LogP contribution in [0.3, 0.4) is 0 Å². The van der Waals surface area contributed by atoms with Crippen LogP contribution >= 0.6 is 0 Å². The Balaban J connectivity index is 2.70. The van der Waals surface area contributed by atoms with Crippen molar-refractivity contribution in [3.05, 3.63) is 60.7 Å². The second-order valence-corrected chi connectivity index (χ2v) is 2.97. The molecule has 2 heteroatoms. The average Bonchev–Trinajstić information content (AvgIpc) is 2.26. The van der Waals surface area contributed by atoms with Crippen molar-refractivity contribution in [2.24, 2.45) is 0 Å². The predicted molar refractivity (Wildman–Crippen MR) is 56.7 cm³/mol. The van der Waals surface area contributed by atoms with Crippen molar-refractivity contribution in [1.29, 1.82) is 0 Å². The van der Waals surface area contributed by atoms with Crippen LogP contribution in [0.25, 0.3) is 0 Å². The van der Waals surface area contributed by atoms with Crippen molar-refractivity contribution in [2.45, 2.75) is 12.2 Å². The molecule has 2 N–H and O–H groups in total. The molecule has 0 aliphatic carbocycles. The summed E-state index contributed by atoms with van der Waals surface area (Å²) in [7, 11) is 0. The van der Waals surface area contributed by atoms with Crippen LogP contribution in [0.15, 0.2) is 55.1 Å². The minimum atomic E-state index is -0.893. The van der Waals surface area contributed by atoms with Gasteiger partial charge in [-0.3, -0.25) is 0 Å². The molecule has 0 heterocycles. The molecule has 0 spiro atoms. The maximum atomic E-state index is 9.68. The van der Waals surface area contributed by atoms with Gasteiger partial charge in [0.15, 0.2) is 0 Å². The van der Waals surface area contributed by atoms with Gasteiger partial charge in [-0.2, -0.15) is 0 Å². The van der Waals surface area contributed by atoms with Crippen LogP contribution in [-0.4, -0.2) is 16.3 Å². The lowest BCUT2D eigenvalue weighted by molar-refractivity contribution is 0.0483. The first-order valence-corrected chi connectivity index (χ1v) is 4.46. The van der Waals surface area contributed by atoms with Gasteiger partial charge >= 0.3 is 0 Å². The van der Waals surface area contributed by atoms with Crippen molar-refractivity contribution < 1.29 is 10.2 Å². The molecule has 1 aromatic carbocycles. The van der Waals surface area contributed by atoms with Gasteiger partial charge in [0.2, 0.25) is 0 Å². The van der Waals surface area contributed by atoms with Crippen LogP contribution in [0.2, 0.25) is 0 Å². The predicted octanol–water partition coefficient (Wildman–Crippen LogP) is 1.82. The van der Waals surface area contributed by atoms with Gasteiger partial charge in [0.05, 0.1) is 0 Å². The molecule has 2 atom stereocenters. The number of hydrogen-bond acceptors (Lipinski definition) is 2. The molecule has 0 unspecified atom stereocenters. The summed E-state index contributed by atoms with van der Waals surface area (Å²) in [6, 6.07) is 9.05. The summed E-state index contributed by atoms with van der Waals surface area (Å²) < 4.78 is 0. The zero-order valence-electron chi connectivity index (χ0n) is 7.88. The van der Waals surface area contributed by atoms with E-state index in [0.29, 0.717) is 5.56 Å². The minimum Gasteiger partial charge on any atom is -0.386 e. The highest BCUT2D eigenvalue weighted by molar-refractivity contribution is 5.20. The van der Waals surface area contributed by atoms with Gasteiger partial charge in [0.25, 0.3) is 0 Å². The third kappa shape index (κ3) is 2.83. The Bertz CT molecular complexity index is 303. The van der Waals surface area contributed by atoms with Crippen molar-refractivity contribution in [3.63, 3.8) is 0 Å². The summed E-state index contributed by atoms with van der Waals surface area (Å²) >= 11 is 0. The largest absolute Gasteiger partial charge is 0.386 e. The van der Waals surface area contributed by atoms with Gasteiger partial charge in [-0.1, -0.05) is 55.1 Å². The molecule has 74 valence electrons. The van der Waals surface area contributed by atoms with Gasteiger partial charge < -0.3 is 10.2 Å². The fourth-order valence-corrected chi connectivity index (χ4v) is 1.15. The Morgan fingerprint density at radius 2 is 1.79 bits per heavy atom. The molecule has 0 fully saturated rings. The standard InChI is InChI=1S/C12H14O2/c1-2-3-9-11(13)12(14)10-7-5-4-6-8-10/h2-9,11-14H,1H2/b9-3+/t11-,12-/m1/s1. The first-order chi connectivity index (χ1) is 6.75. The van der Waals surface area contributed by atoms with Crippen LogP contribution in [-0.2, 0) is 0 Å². The van der Waals surface area contributed by atoms with Crippen LogP contribution in [0.5, 0.6) is 0 Å². The fraction of sp³-hybridized carbons (Fsp3) is 0.167. The molecule has 0 aromatic heterocycles. The molecule has 0 amide bonds. The summed E-state index contributed by atoms with van der Waals surface area (Å²) in [6.45, 7) is 3.49. The van der Waals surface area contributed by atoms with Crippen molar-refractivity contribution >= 4 is 0 Å². The summed E-state index contributed by atoms with van der Waals surface area (Å²) in [5.74, 6) is 0. The molecule has 0 saturated carbocycles. The minimum absolute atomic E-state index is 0.703. The second kappa shape index (κ2) is 5.37. The zero-order valence-corrected chi connectivity index (χ0v) is 7.88. The van der Waals surface area contributed by atoms with E-state index in [1.54, 1.807) is 24.3 Å². The molecule has 14 heavy (non-hydrogen) atoms. The molecule has 0 saturated heterocycles. The zero-order chi connectivity index (χ0) is 10.4. The molecule has 0 aliphatic rings. The Morgan fingerprint density at radius 3 is 2.36 bits per heavy atom. The molecule has 2 nitrogen and oxygen atoms in total. The first kappa shape index (κ1) is 10.7. The third-order valence-electron chi connectivity index (χ3n) is 1.91. The fourth-order valence-electron chi connectivity index (χ4n) is 1.15. The third-order valence-corrected chi connectivity index (χ3v) is 1.91. The summed E-state index contributed by atoms with van der Waals surface area (Å²) in [5.41, 5.74) is 0.703. The van der Waals surface area contributed by atoms with Crippen LogP contribution < -0.4 is 0 Å². The molecular weight excluding hydrogens is 176 g/mol. The maximum absolute atomic E-state index is 9.68. The van der Waals surface area contributed by atoms with E-state index >= 15 is 0 Å². The van der Waals surface area contributed by atoms with E-state index in [-0.39, 0.29) is 0 Å². The van der Waals surface area contributed by atoms with Crippen molar-refractivity contribution in [2.75, 3.05) is 0 Å². The van der Waals surface area contributed by atoms with Crippen molar-refractivity contribution in [1.82, 2.24) is 0 Å². The molecule has 1 aromatic rings. The average molecular weight is 190 g/mol. The highest BCUT2D eigenvalue weighted by Gasteiger charge is 2.14. The van der Waals surface area contributed by atoms with E-state index < -0.39 is 12.2 Å². The summed E-state index contributed by atoms with van der Waals surface area (Å²) in [5, 5.41) is 19.2. The number of rotatable bonds is 4. The van der Waals surface area contributed by atoms with Crippen LogP contribution in [0.4, 0.5) is 0 Å². The number of allylic oxidation sites excluding steroid dienone is 2. The SMILES string of the molecule is C=C/C=C/[C@@H](O)[C@H](O)c1ccccc1. The molecule has 0 radical (unpaired) electrons. The number of benzene rings is 1. The molecule has 1 rings (SSSR count). The lowest BCUT2D eigenvalue weighted by atomic mass is 10.0. The smallest absolute Gasteiger partial charge is 0.108 e. The van der Waals surface area contributed by atoms with Crippen LogP contribution in [0.1, 0.15) is 11.7 Å². The molecule has 0 bridgehead atoms. The van der Waals surface area contributed by atoms with Gasteiger partial charge in [-0.05, 0) is 5.56 Å². The number of hydrogen-bond donors (Lipinski definition) is 2.